The largest absolute Gasteiger partial charge is 0.497 e. The summed E-state index contributed by atoms with van der Waals surface area (Å²) in [6, 6.07) is 15.2. The summed E-state index contributed by atoms with van der Waals surface area (Å²) in [5.41, 5.74) is 8.66. The minimum absolute atomic E-state index is 0. The molecule has 3 aromatic rings. The molecule has 33 heavy (non-hydrogen) atoms. The van der Waals surface area contributed by atoms with Crippen molar-refractivity contribution in [1.82, 2.24) is 4.90 Å². The summed E-state index contributed by atoms with van der Waals surface area (Å²) >= 11 is 1.41. The first-order chi connectivity index (χ1) is 15.5. The molecule has 2 amide bonds. The Labute approximate surface area is 202 Å². The zero-order chi connectivity index (χ0) is 22.7. The van der Waals surface area contributed by atoms with Gasteiger partial charge in [0.2, 0.25) is 0 Å². The Hall–Kier alpha value is -3.07. The Bertz CT molecular complexity index is 1130. The summed E-state index contributed by atoms with van der Waals surface area (Å²) in [4.78, 5) is 28.6. The predicted octanol–water partition coefficient (Wildman–Crippen LogP) is 4.10. The van der Waals surface area contributed by atoms with E-state index in [-0.39, 0.29) is 18.3 Å². The van der Waals surface area contributed by atoms with Crippen LogP contribution in [0.5, 0.6) is 11.5 Å². The van der Waals surface area contributed by atoms with E-state index in [2.05, 4.69) is 22.3 Å². The number of carbonyl (C=O) groups excluding carboxylic acids is 2. The van der Waals surface area contributed by atoms with Crippen LogP contribution in [0.15, 0.2) is 48.5 Å². The number of benzene rings is 2. The molecule has 3 N–H and O–H groups in total. The van der Waals surface area contributed by atoms with Crippen LogP contribution in [-0.4, -0.2) is 37.5 Å². The molecular formula is C24H26ClN3O4S. The number of amides is 2. The first-order valence-electron chi connectivity index (χ1n) is 10.2. The molecule has 2 aromatic carbocycles. The van der Waals surface area contributed by atoms with Crippen LogP contribution in [0.3, 0.4) is 0 Å². The standard InChI is InChI=1S/C24H25N3O4S.ClH/c1-30-17-10-16(11-18(12-17)31-2)23(29)26-24-21(22(25)28)19-8-9-27(14-20(19)32-24)13-15-6-4-3-5-7-15;/h3-7,10-12H,8-9,13-14H2,1-2H3,(H2,25,28)(H,26,29);1H. The zero-order valence-corrected chi connectivity index (χ0v) is 20.1. The fourth-order valence-corrected chi connectivity index (χ4v) is 5.19. The third kappa shape index (κ3) is 5.47. The Kier molecular flexibility index (Phi) is 7.97. The van der Waals surface area contributed by atoms with E-state index >= 15 is 0 Å². The van der Waals surface area contributed by atoms with Gasteiger partial charge in [-0.05, 0) is 29.7 Å². The van der Waals surface area contributed by atoms with Gasteiger partial charge in [-0.25, -0.2) is 0 Å². The number of methoxy groups -OCH3 is 2. The molecule has 2 heterocycles. The van der Waals surface area contributed by atoms with Gasteiger partial charge in [0.25, 0.3) is 11.8 Å². The van der Waals surface area contributed by atoms with Gasteiger partial charge in [-0.3, -0.25) is 14.5 Å². The first-order valence-corrected chi connectivity index (χ1v) is 11.0. The van der Waals surface area contributed by atoms with Crippen LogP contribution in [-0.2, 0) is 19.5 Å². The van der Waals surface area contributed by atoms with E-state index in [4.69, 9.17) is 15.2 Å². The van der Waals surface area contributed by atoms with E-state index in [0.29, 0.717) is 40.6 Å². The highest BCUT2D eigenvalue weighted by Crippen LogP contribution is 2.37. The average Bonchev–Trinajstić information content (AvgIpc) is 3.16. The van der Waals surface area contributed by atoms with E-state index in [1.54, 1.807) is 18.2 Å². The summed E-state index contributed by atoms with van der Waals surface area (Å²) in [7, 11) is 3.05. The van der Waals surface area contributed by atoms with Gasteiger partial charge in [0.1, 0.15) is 16.5 Å². The maximum atomic E-state index is 13.0. The number of nitrogens with two attached hydrogens (primary N) is 1. The van der Waals surface area contributed by atoms with Gasteiger partial charge >= 0.3 is 0 Å². The highest BCUT2D eigenvalue weighted by atomic mass is 35.5. The van der Waals surface area contributed by atoms with Crippen molar-refractivity contribution in [2.24, 2.45) is 5.73 Å². The topological polar surface area (TPSA) is 93.9 Å². The Morgan fingerprint density at radius 2 is 1.76 bits per heavy atom. The Morgan fingerprint density at radius 3 is 2.36 bits per heavy atom. The van der Waals surface area contributed by atoms with Gasteiger partial charge in [-0.1, -0.05) is 30.3 Å². The molecule has 0 spiro atoms. The molecule has 1 aliphatic rings. The molecule has 0 saturated carbocycles. The summed E-state index contributed by atoms with van der Waals surface area (Å²) in [6.07, 6.45) is 0.708. The van der Waals surface area contributed by atoms with Gasteiger partial charge in [0.15, 0.2) is 0 Å². The maximum Gasteiger partial charge on any atom is 0.256 e. The number of nitrogens with zero attached hydrogens (tertiary/aromatic N) is 1. The molecule has 0 saturated heterocycles. The highest BCUT2D eigenvalue weighted by Gasteiger charge is 2.28. The number of hydrogen-bond acceptors (Lipinski definition) is 6. The van der Waals surface area contributed by atoms with Gasteiger partial charge in [0.05, 0.1) is 19.8 Å². The van der Waals surface area contributed by atoms with E-state index < -0.39 is 5.91 Å². The summed E-state index contributed by atoms with van der Waals surface area (Å²) < 4.78 is 10.5. The second-order valence-corrected chi connectivity index (χ2v) is 8.68. The third-order valence-corrected chi connectivity index (χ3v) is 6.60. The summed E-state index contributed by atoms with van der Waals surface area (Å²) in [6.45, 7) is 2.35. The summed E-state index contributed by atoms with van der Waals surface area (Å²) in [5.74, 6) is 0.125. The van der Waals surface area contributed by atoms with E-state index in [1.165, 1.54) is 31.1 Å². The van der Waals surface area contributed by atoms with Crippen LogP contribution in [0.4, 0.5) is 5.00 Å². The lowest BCUT2D eigenvalue weighted by Gasteiger charge is -2.27. The smallest absolute Gasteiger partial charge is 0.256 e. The number of ether oxygens (including phenoxy) is 2. The average molecular weight is 488 g/mol. The predicted molar refractivity (Wildman–Crippen MR) is 132 cm³/mol. The lowest BCUT2D eigenvalue weighted by molar-refractivity contribution is 0.0999. The van der Waals surface area contributed by atoms with Crippen molar-refractivity contribution in [3.8, 4) is 11.5 Å². The molecule has 1 aromatic heterocycles. The van der Waals surface area contributed by atoms with Gasteiger partial charge in [-0.15, -0.1) is 23.7 Å². The molecule has 4 rings (SSSR count). The maximum absolute atomic E-state index is 13.0. The second-order valence-electron chi connectivity index (χ2n) is 7.57. The van der Waals surface area contributed by atoms with Gasteiger partial charge in [0, 0.05) is 36.1 Å². The fourth-order valence-electron chi connectivity index (χ4n) is 3.90. The Morgan fingerprint density at radius 1 is 1.09 bits per heavy atom. The number of hydrogen-bond donors (Lipinski definition) is 2. The number of rotatable bonds is 7. The van der Waals surface area contributed by atoms with Crippen LogP contribution in [0.1, 0.15) is 36.7 Å². The second kappa shape index (κ2) is 10.7. The quantitative estimate of drug-likeness (QED) is 0.523. The lowest BCUT2D eigenvalue weighted by Crippen LogP contribution is -2.30. The lowest BCUT2D eigenvalue weighted by atomic mass is 10.0. The fraction of sp³-hybridized carbons (Fsp3) is 0.250. The highest BCUT2D eigenvalue weighted by molar-refractivity contribution is 7.17. The molecule has 0 unspecified atom stereocenters. The molecule has 174 valence electrons. The number of thiophene rings is 1. The molecule has 0 radical (unpaired) electrons. The van der Waals surface area contributed by atoms with Crippen molar-refractivity contribution in [2.45, 2.75) is 19.5 Å². The van der Waals surface area contributed by atoms with Crippen LogP contribution in [0.25, 0.3) is 0 Å². The number of anilines is 1. The van der Waals surface area contributed by atoms with Crippen LogP contribution < -0.4 is 20.5 Å². The van der Waals surface area contributed by atoms with Crippen LogP contribution in [0.2, 0.25) is 0 Å². The minimum atomic E-state index is -0.530. The molecule has 0 atom stereocenters. The normalized spacial score (nSPS) is 12.9. The van der Waals surface area contributed by atoms with Crippen molar-refractivity contribution < 1.29 is 19.1 Å². The van der Waals surface area contributed by atoms with E-state index in [9.17, 15) is 9.59 Å². The van der Waals surface area contributed by atoms with Crippen molar-refractivity contribution in [1.29, 1.82) is 0 Å². The SMILES string of the molecule is COc1cc(OC)cc(C(=O)Nc2sc3c(c2C(N)=O)CCN(Cc2ccccc2)C3)c1.Cl. The molecule has 9 heteroatoms. The van der Waals surface area contributed by atoms with Crippen LogP contribution in [0, 0.1) is 0 Å². The zero-order valence-electron chi connectivity index (χ0n) is 18.4. The molecule has 0 bridgehead atoms. The monoisotopic (exact) mass is 487 g/mol. The number of halogens is 1. The van der Waals surface area contributed by atoms with Crippen molar-refractivity contribution in [2.75, 3.05) is 26.1 Å². The number of carbonyl (C=O) groups is 2. The van der Waals surface area contributed by atoms with Crippen molar-refractivity contribution in [3.63, 3.8) is 0 Å². The van der Waals surface area contributed by atoms with Crippen molar-refractivity contribution in [3.05, 3.63) is 75.7 Å². The molecule has 7 nitrogen and oxygen atoms in total. The molecule has 0 fully saturated rings. The third-order valence-electron chi connectivity index (χ3n) is 5.47. The van der Waals surface area contributed by atoms with Gasteiger partial charge < -0.3 is 20.5 Å². The number of primary amides is 1. The van der Waals surface area contributed by atoms with Crippen molar-refractivity contribution >= 4 is 40.6 Å². The first kappa shape index (κ1) is 24.6. The van der Waals surface area contributed by atoms with Crippen LogP contribution >= 0.6 is 23.7 Å². The Balaban J connectivity index is 0.00000306. The number of nitrogens with one attached hydrogen (secondary N) is 1. The molecular weight excluding hydrogens is 462 g/mol. The van der Waals surface area contributed by atoms with E-state index in [0.717, 1.165) is 23.5 Å². The summed E-state index contributed by atoms with van der Waals surface area (Å²) in [5, 5.41) is 3.36. The minimum Gasteiger partial charge on any atom is -0.497 e. The number of fused-ring (bicyclic) bond motifs is 1. The molecule has 0 aliphatic carbocycles. The molecule has 1 aliphatic heterocycles. The van der Waals surface area contributed by atoms with Gasteiger partial charge in [-0.2, -0.15) is 0 Å². The van der Waals surface area contributed by atoms with E-state index in [1.807, 2.05) is 18.2 Å².